The Morgan fingerprint density at radius 1 is 0.943 bits per heavy atom. The third-order valence-corrected chi connectivity index (χ3v) is 5.37. The summed E-state index contributed by atoms with van der Waals surface area (Å²) in [6.07, 6.45) is 2.00. The average molecular weight is 484 g/mol. The van der Waals surface area contributed by atoms with Crippen LogP contribution in [-0.4, -0.2) is 56.7 Å². The van der Waals surface area contributed by atoms with Crippen LogP contribution in [0.2, 0.25) is 0 Å². The van der Waals surface area contributed by atoms with E-state index in [1.165, 1.54) is 28.3 Å². The Labute approximate surface area is 202 Å². The number of methoxy groups -OCH3 is 3. The predicted octanol–water partition coefficient (Wildman–Crippen LogP) is 2.10. The van der Waals surface area contributed by atoms with Crippen LogP contribution in [0.4, 0.5) is 0 Å². The Kier molecular flexibility index (Phi) is 8.55. The van der Waals surface area contributed by atoms with Gasteiger partial charge in [-0.25, -0.2) is 4.79 Å². The number of para-hydroxylation sites is 1. The molecule has 2 aromatic carbocycles. The number of carbonyl (C=O) groups is 3. The molecule has 0 aliphatic heterocycles. The molecule has 1 heterocycles. The first-order chi connectivity index (χ1) is 16.9. The molecule has 0 aliphatic carbocycles. The number of H-pyrrole nitrogens is 1. The summed E-state index contributed by atoms with van der Waals surface area (Å²) in [7, 11) is 4.53. The molecule has 0 bridgehead atoms. The van der Waals surface area contributed by atoms with Gasteiger partial charge in [-0.3, -0.25) is 9.59 Å². The molecule has 186 valence electrons. The van der Waals surface area contributed by atoms with Crippen molar-refractivity contribution in [1.82, 2.24) is 15.6 Å². The molecule has 2 amide bonds. The van der Waals surface area contributed by atoms with Crippen LogP contribution in [0.15, 0.2) is 42.6 Å². The van der Waals surface area contributed by atoms with Gasteiger partial charge in [0.25, 0.3) is 5.91 Å². The molecule has 35 heavy (non-hydrogen) atoms. The van der Waals surface area contributed by atoms with Gasteiger partial charge in [0, 0.05) is 48.6 Å². The van der Waals surface area contributed by atoms with Crippen LogP contribution < -0.4 is 24.8 Å². The molecule has 10 heteroatoms. The number of hydrogen-bond donors (Lipinski definition) is 3. The van der Waals surface area contributed by atoms with E-state index in [1.54, 1.807) is 18.3 Å². The molecule has 0 aliphatic rings. The lowest BCUT2D eigenvalue weighted by Gasteiger charge is -2.17. The van der Waals surface area contributed by atoms with Crippen LogP contribution >= 0.6 is 0 Å². The zero-order chi connectivity index (χ0) is 25.4. The Morgan fingerprint density at radius 3 is 2.31 bits per heavy atom. The van der Waals surface area contributed by atoms with E-state index in [2.05, 4.69) is 15.6 Å². The molecule has 0 unspecified atom stereocenters. The minimum atomic E-state index is -0.939. The van der Waals surface area contributed by atoms with Crippen molar-refractivity contribution in [3.05, 3.63) is 53.7 Å². The second-order valence-corrected chi connectivity index (χ2v) is 7.72. The highest BCUT2D eigenvalue weighted by molar-refractivity contribution is 5.88. The third-order valence-electron chi connectivity index (χ3n) is 5.37. The van der Waals surface area contributed by atoms with Crippen LogP contribution in [0.25, 0.3) is 10.9 Å². The number of carbonyl (C=O) groups excluding carboxylic acids is 3. The molecule has 3 N–H and O–H groups in total. The van der Waals surface area contributed by atoms with Gasteiger partial charge in [0.2, 0.25) is 5.91 Å². The average Bonchev–Trinajstić information content (AvgIpc) is 3.27. The van der Waals surface area contributed by atoms with Gasteiger partial charge in [0.05, 0.1) is 21.3 Å². The summed E-state index contributed by atoms with van der Waals surface area (Å²) < 4.78 is 21.1. The van der Waals surface area contributed by atoms with Crippen molar-refractivity contribution in [2.24, 2.45) is 0 Å². The molecule has 10 nitrogen and oxygen atoms in total. The van der Waals surface area contributed by atoms with Crippen molar-refractivity contribution >= 4 is 28.7 Å². The van der Waals surface area contributed by atoms with Crippen LogP contribution in [0.1, 0.15) is 18.1 Å². The summed E-state index contributed by atoms with van der Waals surface area (Å²) in [5.74, 6) is -0.110. The first-order valence-electron chi connectivity index (χ1n) is 10.9. The van der Waals surface area contributed by atoms with E-state index in [0.29, 0.717) is 22.8 Å². The van der Waals surface area contributed by atoms with Gasteiger partial charge < -0.3 is 34.6 Å². The fourth-order valence-corrected chi connectivity index (χ4v) is 3.67. The van der Waals surface area contributed by atoms with Gasteiger partial charge in [-0.2, -0.15) is 0 Å². The maximum Gasteiger partial charge on any atom is 0.329 e. The number of ether oxygens (including phenoxy) is 4. The largest absolute Gasteiger partial charge is 0.496 e. The number of rotatable bonds is 11. The summed E-state index contributed by atoms with van der Waals surface area (Å²) in [6, 6.07) is 10.0. The smallest absolute Gasteiger partial charge is 0.329 e. The molecule has 0 saturated carbocycles. The Hall–Kier alpha value is -4.21. The zero-order valence-corrected chi connectivity index (χ0v) is 20.1. The second kappa shape index (κ2) is 11.8. The monoisotopic (exact) mass is 483 g/mol. The molecule has 3 aromatic rings. The number of aromatic nitrogens is 1. The lowest BCUT2D eigenvalue weighted by molar-refractivity contribution is -0.151. The summed E-state index contributed by atoms with van der Waals surface area (Å²) in [4.78, 5) is 39.9. The topological polar surface area (TPSA) is 128 Å². The number of aromatic amines is 1. The molecule has 0 spiro atoms. The number of esters is 1. The molecular weight excluding hydrogens is 454 g/mol. The minimum absolute atomic E-state index is 0.115. The minimum Gasteiger partial charge on any atom is -0.496 e. The summed E-state index contributed by atoms with van der Waals surface area (Å²) >= 11 is 0. The van der Waals surface area contributed by atoms with Gasteiger partial charge in [-0.1, -0.05) is 18.2 Å². The fourth-order valence-electron chi connectivity index (χ4n) is 3.67. The van der Waals surface area contributed by atoms with Gasteiger partial charge >= 0.3 is 5.97 Å². The van der Waals surface area contributed by atoms with E-state index in [0.717, 1.165) is 16.5 Å². The molecule has 3 rings (SSSR count). The highest BCUT2D eigenvalue weighted by atomic mass is 16.5. The number of hydrogen-bond acceptors (Lipinski definition) is 7. The zero-order valence-electron chi connectivity index (χ0n) is 20.1. The Morgan fingerprint density at radius 2 is 1.63 bits per heavy atom. The maximum atomic E-state index is 12.7. The molecule has 1 aromatic heterocycles. The highest BCUT2D eigenvalue weighted by Crippen LogP contribution is 2.34. The first kappa shape index (κ1) is 25.4. The molecular formula is C25H29N3O7. The van der Waals surface area contributed by atoms with Crippen molar-refractivity contribution in [1.29, 1.82) is 0 Å². The molecule has 0 saturated heterocycles. The number of fused-ring (bicyclic) bond motifs is 1. The van der Waals surface area contributed by atoms with Crippen LogP contribution in [0, 0.1) is 0 Å². The predicted molar refractivity (Wildman–Crippen MR) is 129 cm³/mol. The third kappa shape index (κ3) is 6.44. The molecule has 1 atom stereocenters. The Balaban J connectivity index is 1.60. The summed E-state index contributed by atoms with van der Waals surface area (Å²) in [6.45, 7) is 0.932. The van der Waals surface area contributed by atoms with E-state index >= 15 is 0 Å². The lowest BCUT2D eigenvalue weighted by Crippen LogP contribution is -2.43. The van der Waals surface area contributed by atoms with E-state index in [4.69, 9.17) is 18.9 Å². The van der Waals surface area contributed by atoms with E-state index in [1.807, 2.05) is 24.3 Å². The number of amides is 2. The van der Waals surface area contributed by atoms with Crippen molar-refractivity contribution in [2.75, 3.05) is 27.9 Å². The normalized spacial score (nSPS) is 11.4. The van der Waals surface area contributed by atoms with E-state index in [9.17, 15) is 14.4 Å². The summed E-state index contributed by atoms with van der Waals surface area (Å²) in [5, 5.41) is 6.23. The fraction of sp³-hybridized carbons (Fsp3) is 0.320. The van der Waals surface area contributed by atoms with Crippen LogP contribution in [0.3, 0.4) is 0 Å². The van der Waals surface area contributed by atoms with Gasteiger partial charge in [0.15, 0.2) is 18.1 Å². The SMILES string of the molecule is COc1cc(OC)c(OC)cc1CNC(=O)COC(=O)[C@H](Cc1c[nH]c2ccccc12)NC(C)=O. The van der Waals surface area contributed by atoms with Crippen molar-refractivity contribution < 1.29 is 33.3 Å². The van der Waals surface area contributed by atoms with Crippen molar-refractivity contribution in [3.63, 3.8) is 0 Å². The van der Waals surface area contributed by atoms with Gasteiger partial charge in [-0.05, 0) is 17.7 Å². The maximum absolute atomic E-state index is 12.7. The Bertz CT molecular complexity index is 1200. The van der Waals surface area contributed by atoms with Gasteiger partial charge in [0.1, 0.15) is 11.8 Å². The van der Waals surface area contributed by atoms with Crippen molar-refractivity contribution in [3.8, 4) is 17.2 Å². The standard InChI is InChI=1S/C25H29N3O7/c1-15(29)28-20(9-16-12-26-19-8-6-5-7-18(16)19)25(31)35-14-24(30)27-13-17-10-22(33-3)23(34-4)11-21(17)32-2/h5-8,10-12,20,26H,9,13-14H2,1-4H3,(H,27,30)(H,28,29)/t20-/m0/s1. The number of nitrogens with one attached hydrogen (secondary N) is 3. The van der Waals surface area contributed by atoms with Crippen LogP contribution in [-0.2, 0) is 32.1 Å². The quantitative estimate of drug-likeness (QED) is 0.356. The second-order valence-electron chi connectivity index (χ2n) is 7.72. The first-order valence-corrected chi connectivity index (χ1v) is 10.9. The number of benzene rings is 2. The highest BCUT2D eigenvalue weighted by Gasteiger charge is 2.24. The van der Waals surface area contributed by atoms with E-state index in [-0.39, 0.29) is 18.9 Å². The van der Waals surface area contributed by atoms with Gasteiger partial charge in [-0.15, -0.1) is 0 Å². The molecule has 0 radical (unpaired) electrons. The van der Waals surface area contributed by atoms with E-state index < -0.39 is 24.5 Å². The summed E-state index contributed by atoms with van der Waals surface area (Å²) in [5.41, 5.74) is 2.42. The lowest BCUT2D eigenvalue weighted by atomic mass is 10.0. The van der Waals surface area contributed by atoms with Crippen molar-refractivity contribution in [2.45, 2.75) is 25.9 Å². The molecule has 0 fully saturated rings. The van der Waals surface area contributed by atoms with Crippen LogP contribution in [0.5, 0.6) is 17.2 Å².